The van der Waals surface area contributed by atoms with Gasteiger partial charge in [-0.3, -0.25) is 14.1 Å². The Balaban J connectivity index is 4.15. The highest BCUT2D eigenvalue weighted by Crippen LogP contribution is 2.35. The number of hydrogen-bond donors (Lipinski definition) is 3. The molecule has 0 rings (SSSR count). The van der Waals surface area contributed by atoms with Crippen molar-refractivity contribution in [1.29, 1.82) is 0 Å². The number of rotatable bonds is 27. The number of phosphoric ester groups is 1. The van der Waals surface area contributed by atoms with Gasteiger partial charge in [0.15, 0.2) is 6.10 Å². The third-order valence-corrected chi connectivity index (χ3v) is 6.76. The van der Waals surface area contributed by atoms with Crippen LogP contribution in [0.1, 0.15) is 123 Å². The second-order valence-electron chi connectivity index (χ2n) is 10.3. The highest BCUT2D eigenvalue weighted by atomic mass is 31.2. The fourth-order valence-electron chi connectivity index (χ4n) is 3.97. The lowest BCUT2D eigenvalue weighted by Crippen LogP contribution is -2.29. The summed E-state index contributed by atoms with van der Waals surface area (Å²) < 4.78 is 26.0. The third kappa shape index (κ3) is 29.5. The second-order valence-corrected chi connectivity index (χ2v) is 11.5. The van der Waals surface area contributed by atoms with E-state index >= 15 is 0 Å². The average Bonchev–Trinajstić information content (AvgIpc) is 2.92. The molecule has 41 heavy (non-hydrogen) atoms. The lowest BCUT2D eigenvalue weighted by atomic mass is 10.1. The van der Waals surface area contributed by atoms with Crippen molar-refractivity contribution in [2.75, 3.05) is 13.2 Å². The topological polar surface area (TPSA) is 140 Å². The van der Waals surface area contributed by atoms with Crippen LogP contribution in [-0.4, -0.2) is 52.3 Å². The molecule has 1 unspecified atom stereocenters. The molecule has 2 atom stereocenters. The summed E-state index contributed by atoms with van der Waals surface area (Å²) in [6.07, 6.45) is 24.9. The molecule has 0 aromatic rings. The molecule has 0 aromatic heterocycles. The predicted octanol–water partition coefficient (Wildman–Crippen LogP) is 7.25. The number of phosphoric acid groups is 1. The molecule has 0 aliphatic heterocycles. The first-order valence-corrected chi connectivity index (χ1v) is 16.9. The van der Waals surface area contributed by atoms with Gasteiger partial charge in [-0.05, 0) is 32.1 Å². The van der Waals surface area contributed by atoms with Crippen LogP contribution >= 0.6 is 7.82 Å². The zero-order valence-electron chi connectivity index (χ0n) is 25.3. The Hall–Kier alpha value is -1.77. The molecule has 10 heteroatoms. The summed E-state index contributed by atoms with van der Waals surface area (Å²) in [4.78, 5) is 42.3. The van der Waals surface area contributed by atoms with Gasteiger partial charge in [0.05, 0.1) is 12.7 Å². The summed E-state index contributed by atoms with van der Waals surface area (Å²) in [6, 6.07) is 0. The first-order valence-electron chi connectivity index (χ1n) is 15.4. The second kappa shape index (κ2) is 27.1. The number of carbonyl (C=O) groups is 2. The summed E-state index contributed by atoms with van der Waals surface area (Å²) in [5, 5.41) is 10.0. The highest BCUT2D eigenvalue weighted by Gasteiger charge is 2.22. The Morgan fingerprint density at radius 1 is 0.756 bits per heavy atom. The number of aliphatic hydroxyl groups is 1. The molecule has 0 fully saturated rings. The van der Waals surface area contributed by atoms with Crippen molar-refractivity contribution in [2.45, 2.75) is 135 Å². The van der Waals surface area contributed by atoms with Crippen LogP contribution in [0.3, 0.4) is 0 Å². The molecule has 0 amide bonds. The molecule has 0 saturated heterocycles. The van der Waals surface area contributed by atoms with E-state index in [9.17, 15) is 19.3 Å². The number of esters is 2. The summed E-state index contributed by atoms with van der Waals surface area (Å²) in [6.45, 7) is 3.38. The van der Waals surface area contributed by atoms with E-state index in [-0.39, 0.29) is 19.4 Å². The standard InChI is InChI=1S/C31H55O9P/c1-3-5-7-9-11-14-18-22-28(32)23-19-15-13-17-21-25-31(34)40-29(27-39-41(35,36)37)26-38-30(33)24-20-16-12-10-8-6-4-2/h5,7,11,14,18,22,28-29,32H,3-4,6,8-10,12-13,15-17,19-21,23-27H2,1-2H3,(H2,35,36,37)/b7-5+,14-11+,22-18+/t28?,29-/m1/s1. The molecular formula is C31H55O9P. The zero-order chi connectivity index (χ0) is 30.6. The molecule has 0 saturated carbocycles. The van der Waals surface area contributed by atoms with E-state index in [1.54, 1.807) is 6.08 Å². The number of aliphatic hydroxyl groups excluding tert-OH is 1. The van der Waals surface area contributed by atoms with Crippen LogP contribution in [0.25, 0.3) is 0 Å². The largest absolute Gasteiger partial charge is 0.469 e. The summed E-state index contributed by atoms with van der Waals surface area (Å²) in [7, 11) is -4.76. The molecule has 0 aromatic carbocycles. The van der Waals surface area contributed by atoms with Gasteiger partial charge in [-0.1, -0.05) is 115 Å². The van der Waals surface area contributed by atoms with Gasteiger partial charge in [0, 0.05) is 12.8 Å². The summed E-state index contributed by atoms with van der Waals surface area (Å²) >= 11 is 0. The Bertz CT molecular complexity index is 788. The molecule has 0 aliphatic carbocycles. The number of ether oxygens (including phenoxy) is 2. The van der Waals surface area contributed by atoms with Gasteiger partial charge in [-0.2, -0.15) is 0 Å². The molecule has 9 nitrogen and oxygen atoms in total. The Morgan fingerprint density at radius 2 is 1.37 bits per heavy atom. The van der Waals surface area contributed by atoms with Gasteiger partial charge in [0.1, 0.15) is 6.61 Å². The van der Waals surface area contributed by atoms with E-state index in [0.29, 0.717) is 19.3 Å². The predicted molar refractivity (Wildman–Crippen MR) is 162 cm³/mol. The van der Waals surface area contributed by atoms with Crippen molar-refractivity contribution in [2.24, 2.45) is 0 Å². The Kier molecular flexibility index (Phi) is 25.9. The number of allylic oxidation sites excluding steroid dienone is 5. The lowest BCUT2D eigenvalue weighted by Gasteiger charge is -2.18. The van der Waals surface area contributed by atoms with Gasteiger partial charge < -0.3 is 24.4 Å². The van der Waals surface area contributed by atoms with Crippen molar-refractivity contribution in [3.63, 3.8) is 0 Å². The van der Waals surface area contributed by atoms with E-state index in [0.717, 1.165) is 57.8 Å². The van der Waals surface area contributed by atoms with E-state index < -0.39 is 38.6 Å². The molecule has 0 aliphatic rings. The van der Waals surface area contributed by atoms with Gasteiger partial charge in [0.2, 0.25) is 0 Å². The van der Waals surface area contributed by atoms with Gasteiger partial charge in [-0.15, -0.1) is 0 Å². The highest BCUT2D eigenvalue weighted by molar-refractivity contribution is 7.46. The monoisotopic (exact) mass is 602 g/mol. The van der Waals surface area contributed by atoms with Crippen molar-refractivity contribution in [3.8, 4) is 0 Å². The Morgan fingerprint density at radius 3 is 2.00 bits per heavy atom. The maximum absolute atomic E-state index is 12.3. The van der Waals surface area contributed by atoms with Crippen LogP contribution in [0.4, 0.5) is 0 Å². The molecule has 238 valence electrons. The molecule has 3 N–H and O–H groups in total. The number of hydrogen-bond acceptors (Lipinski definition) is 7. The fourth-order valence-corrected chi connectivity index (χ4v) is 4.33. The van der Waals surface area contributed by atoms with Crippen molar-refractivity contribution < 1.29 is 43.0 Å². The smallest absolute Gasteiger partial charge is 0.462 e. The number of unbranched alkanes of at least 4 members (excludes halogenated alkanes) is 10. The fraction of sp³-hybridized carbons (Fsp3) is 0.742. The normalized spacial score (nSPS) is 13.8. The van der Waals surface area contributed by atoms with Crippen LogP contribution in [0, 0.1) is 0 Å². The van der Waals surface area contributed by atoms with Gasteiger partial charge in [0.25, 0.3) is 0 Å². The van der Waals surface area contributed by atoms with Crippen molar-refractivity contribution in [1.82, 2.24) is 0 Å². The van der Waals surface area contributed by atoms with E-state index in [2.05, 4.69) is 30.5 Å². The average molecular weight is 603 g/mol. The molecule has 0 bridgehead atoms. The van der Waals surface area contributed by atoms with Crippen LogP contribution in [0.2, 0.25) is 0 Å². The van der Waals surface area contributed by atoms with E-state index in [1.807, 2.05) is 18.2 Å². The van der Waals surface area contributed by atoms with E-state index in [4.69, 9.17) is 19.3 Å². The van der Waals surface area contributed by atoms with Crippen molar-refractivity contribution >= 4 is 19.8 Å². The minimum absolute atomic E-state index is 0.142. The van der Waals surface area contributed by atoms with Gasteiger partial charge in [-0.25, -0.2) is 4.57 Å². The minimum Gasteiger partial charge on any atom is -0.462 e. The molecule has 0 radical (unpaired) electrons. The summed E-state index contributed by atoms with van der Waals surface area (Å²) in [5.74, 6) is -0.973. The molecule has 0 heterocycles. The van der Waals surface area contributed by atoms with Crippen molar-refractivity contribution in [3.05, 3.63) is 36.5 Å². The SMILES string of the molecule is CC/C=C/C/C=C/C=C/C(O)CCCCCCCC(=O)O[C@H](COC(=O)CCCCCCCCC)COP(=O)(O)O. The first kappa shape index (κ1) is 39.2. The maximum atomic E-state index is 12.3. The molecular weight excluding hydrogens is 547 g/mol. The van der Waals surface area contributed by atoms with Gasteiger partial charge >= 0.3 is 19.8 Å². The van der Waals surface area contributed by atoms with Crippen LogP contribution in [-0.2, 0) is 28.2 Å². The third-order valence-electron chi connectivity index (χ3n) is 6.28. The molecule has 0 spiro atoms. The minimum atomic E-state index is -4.76. The van der Waals surface area contributed by atoms with Crippen LogP contribution < -0.4 is 0 Å². The first-order chi connectivity index (χ1) is 19.7. The summed E-state index contributed by atoms with van der Waals surface area (Å²) in [5.41, 5.74) is 0. The Labute approximate surface area is 247 Å². The van der Waals surface area contributed by atoms with Crippen LogP contribution in [0.15, 0.2) is 36.5 Å². The van der Waals surface area contributed by atoms with E-state index in [1.165, 1.54) is 19.3 Å². The number of carbonyl (C=O) groups excluding carboxylic acids is 2. The zero-order valence-corrected chi connectivity index (χ0v) is 26.2. The maximum Gasteiger partial charge on any atom is 0.469 e. The lowest BCUT2D eigenvalue weighted by molar-refractivity contribution is -0.161. The quantitative estimate of drug-likeness (QED) is 0.0291. The van der Waals surface area contributed by atoms with Crippen LogP contribution in [0.5, 0.6) is 0 Å².